The monoisotopic (exact) mass is 239 g/mol. The minimum absolute atomic E-state index is 0.0376. The Morgan fingerprint density at radius 1 is 1.69 bits per heavy atom. The molecule has 0 aliphatic carbocycles. The van der Waals surface area contributed by atoms with Gasteiger partial charge < -0.3 is 0 Å². The molecular weight excluding hydrogens is 230 g/mol. The van der Waals surface area contributed by atoms with Crippen molar-refractivity contribution in [3.05, 3.63) is 33.7 Å². The van der Waals surface area contributed by atoms with Gasteiger partial charge in [-0.05, 0) is 6.92 Å². The van der Waals surface area contributed by atoms with Crippen molar-refractivity contribution in [2.45, 2.75) is 6.92 Å². The number of fused-ring (bicyclic) bond motifs is 1. The van der Waals surface area contributed by atoms with Crippen LogP contribution in [0.2, 0.25) is 0 Å². The molecule has 84 valence electrons. The van der Waals surface area contributed by atoms with Crippen LogP contribution in [0.15, 0.2) is 22.6 Å². The van der Waals surface area contributed by atoms with E-state index in [1.807, 2.05) is 0 Å². The maximum atomic E-state index is 11.8. The lowest BCUT2D eigenvalue weighted by Crippen LogP contribution is -2.31. The predicted octanol–water partition coefficient (Wildman–Crippen LogP) is 0.437. The van der Waals surface area contributed by atoms with E-state index in [0.717, 1.165) is 0 Å². The van der Waals surface area contributed by atoms with Crippen LogP contribution in [0.1, 0.15) is 17.3 Å². The predicted molar refractivity (Wildman–Crippen MR) is 58.4 cm³/mol. The first-order valence-corrected chi connectivity index (χ1v) is 5.49. The molecule has 0 aliphatic heterocycles. The number of carbonyl (C=O) groups excluding carboxylic acids is 1. The zero-order valence-corrected chi connectivity index (χ0v) is 9.28. The van der Waals surface area contributed by atoms with E-state index < -0.39 is 11.5 Å². The Kier molecular flexibility index (Phi) is 2.97. The lowest BCUT2D eigenvalue weighted by atomic mass is 10.3. The van der Waals surface area contributed by atoms with Crippen molar-refractivity contribution in [1.82, 2.24) is 14.9 Å². The number of nitrogens with one attached hydrogen (secondary N) is 1. The van der Waals surface area contributed by atoms with Crippen molar-refractivity contribution in [2.75, 3.05) is 6.61 Å². The first kappa shape index (κ1) is 10.8. The fourth-order valence-electron chi connectivity index (χ4n) is 1.17. The van der Waals surface area contributed by atoms with E-state index in [4.69, 9.17) is 4.84 Å². The minimum Gasteiger partial charge on any atom is -0.274 e. The lowest BCUT2D eigenvalue weighted by Gasteiger charge is -2.02. The van der Waals surface area contributed by atoms with E-state index >= 15 is 0 Å². The van der Waals surface area contributed by atoms with Gasteiger partial charge in [-0.1, -0.05) is 0 Å². The Morgan fingerprint density at radius 3 is 3.25 bits per heavy atom. The van der Waals surface area contributed by atoms with Gasteiger partial charge in [-0.25, -0.2) is 10.5 Å². The number of hydrogen-bond donors (Lipinski definition) is 1. The first-order chi connectivity index (χ1) is 7.74. The van der Waals surface area contributed by atoms with Crippen LogP contribution in [0.3, 0.4) is 0 Å². The largest absolute Gasteiger partial charge is 0.282 e. The number of thiazole rings is 1. The topological polar surface area (TPSA) is 72.7 Å². The number of carbonyl (C=O) groups is 1. The number of nitrogens with zero attached hydrogens (tertiary/aromatic N) is 2. The van der Waals surface area contributed by atoms with Crippen LogP contribution in [-0.2, 0) is 4.84 Å². The SMILES string of the molecule is CCONC(=O)c1cnc2sccn2c1=O. The van der Waals surface area contributed by atoms with Crippen molar-refractivity contribution in [3.8, 4) is 0 Å². The molecule has 0 saturated heterocycles. The van der Waals surface area contributed by atoms with Gasteiger partial charge in [0.15, 0.2) is 4.96 Å². The second kappa shape index (κ2) is 4.42. The van der Waals surface area contributed by atoms with Gasteiger partial charge in [-0.15, -0.1) is 11.3 Å². The van der Waals surface area contributed by atoms with Crippen molar-refractivity contribution in [3.63, 3.8) is 0 Å². The lowest BCUT2D eigenvalue weighted by molar-refractivity contribution is 0.0362. The summed E-state index contributed by atoms with van der Waals surface area (Å²) < 4.78 is 1.32. The number of aromatic nitrogens is 2. The molecule has 0 atom stereocenters. The van der Waals surface area contributed by atoms with E-state index in [1.165, 1.54) is 21.9 Å². The molecule has 0 fully saturated rings. The zero-order chi connectivity index (χ0) is 11.5. The van der Waals surface area contributed by atoms with Crippen molar-refractivity contribution < 1.29 is 9.63 Å². The second-order valence-electron chi connectivity index (χ2n) is 2.90. The molecule has 2 rings (SSSR count). The van der Waals surface area contributed by atoms with Gasteiger partial charge in [0.05, 0.1) is 6.61 Å². The number of hydrogen-bond acceptors (Lipinski definition) is 5. The third-order valence-corrected chi connectivity index (χ3v) is 2.67. The molecule has 1 N–H and O–H groups in total. The van der Waals surface area contributed by atoms with E-state index in [1.54, 1.807) is 18.5 Å². The quantitative estimate of drug-likeness (QED) is 0.789. The summed E-state index contributed by atoms with van der Waals surface area (Å²) in [5.41, 5.74) is 1.72. The van der Waals surface area contributed by atoms with Crippen molar-refractivity contribution in [1.29, 1.82) is 0 Å². The van der Waals surface area contributed by atoms with E-state index in [2.05, 4.69) is 10.5 Å². The average Bonchev–Trinajstić information content (AvgIpc) is 2.75. The van der Waals surface area contributed by atoms with E-state index in [0.29, 0.717) is 11.6 Å². The summed E-state index contributed by atoms with van der Waals surface area (Å²) in [4.78, 5) is 32.6. The third-order valence-electron chi connectivity index (χ3n) is 1.90. The molecule has 0 aromatic carbocycles. The summed E-state index contributed by atoms with van der Waals surface area (Å²) in [5, 5.41) is 1.73. The maximum absolute atomic E-state index is 11.8. The highest BCUT2D eigenvalue weighted by atomic mass is 32.1. The zero-order valence-electron chi connectivity index (χ0n) is 8.47. The van der Waals surface area contributed by atoms with Crippen LogP contribution in [0.4, 0.5) is 0 Å². The molecule has 16 heavy (non-hydrogen) atoms. The molecular formula is C9H9N3O3S. The number of hydroxylamine groups is 1. The molecule has 7 heteroatoms. The second-order valence-corrected chi connectivity index (χ2v) is 3.77. The van der Waals surface area contributed by atoms with Crippen LogP contribution in [-0.4, -0.2) is 21.9 Å². The Hall–Kier alpha value is -1.73. The molecule has 2 aromatic rings. The summed E-state index contributed by atoms with van der Waals surface area (Å²) in [7, 11) is 0. The molecule has 1 amide bonds. The summed E-state index contributed by atoms with van der Waals surface area (Å²) in [5.74, 6) is -0.583. The van der Waals surface area contributed by atoms with Gasteiger partial charge in [0.2, 0.25) is 0 Å². The van der Waals surface area contributed by atoms with Gasteiger partial charge in [0, 0.05) is 17.8 Å². The summed E-state index contributed by atoms with van der Waals surface area (Å²) in [6.07, 6.45) is 2.83. The smallest absolute Gasteiger partial charge is 0.274 e. The normalized spacial score (nSPS) is 10.6. The fourth-order valence-corrected chi connectivity index (χ4v) is 1.85. The average molecular weight is 239 g/mol. The Balaban J connectivity index is 2.41. The molecule has 0 spiro atoms. The van der Waals surface area contributed by atoms with Gasteiger partial charge in [0.1, 0.15) is 5.56 Å². The van der Waals surface area contributed by atoms with Gasteiger partial charge in [0.25, 0.3) is 11.5 Å². The summed E-state index contributed by atoms with van der Waals surface area (Å²) in [6, 6.07) is 0. The Morgan fingerprint density at radius 2 is 2.50 bits per heavy atom. The van der Waals surface area contributed by atoms with Crippen LogP contribution < -0.4 is 11.0 Å². The van der Waals surface area contributed by atoms with E-state index in [9.17, 15) is 9.59 Å². The minimum atomic E-state index is -0.583. The molecule has 0 bridgehead atoms. The fraction of sp³-hybridized carbons (Fsp3) is 0.222. The molecule has 0 unspecified atom stereocenters. The Bertz CT molecular complexity index is 575. The highest BCUT2D eigenvalue weighted by Gasteiger charge is 2.13. The van der Waals surface area contributed by atoms with E-state index in [-0.39, 0.29) is 5.56 Å². The highest BCUT2D eigenvalue weighted by Crippen LogP contribution is 2.05. The number of rotatable bonds is 3. The molecule has 0 aliphatic rings. The third kappa shape index (κ3) is 1.82. The number of amides is 1. The molecule has 0 saturated carbocycles. The van der Waals surface area contributed by atoms with Crippen molar-refractivity contribution in [2.24, 2.45) is 0 Å². The molecule has 0 radical (unpaired) electrons. The maximum Gasteiger partial charge on any atom is 0.282 e. The standard InChI is InChI=1S/C9H9N3O3S/c1-2-15-11-7(13)6-5-10-9-12(8(6)14)3-4-16-9/h3-5H,2H2,1H3,(H,11,13). The van der Waals surface area contributed by atoms with Crippen LogP contribution in [0.5, 0.6) is 0 Å². The first-order valence-electron chi connectivity index (χ1n) is 4.61. The molecule has 2 heterocycles. The van der Waals surface area contributed by atoms with Crippen LogP contribution in [0.25, 0.3) is 4.96 Å². The van der Waals surface area contributed by atoms with Gasteiger partial charge >= 0.3 is 0 Å². The summed E-state index contributed by atoms with van der Waals surface area (Å²) >= 11 is 1.33. The van der Waals surface area contributed by atoms with Gasteiger partial charge in [-0.3, -0.25) is 18.8 Å². The summed E-state index contributed by atoms with van der Waals surface area (Å²) in [6.45, 7) is 2.06. The van der Waals surface area contributed by atoms with Crippen LogP contribution >= 0.6 is 11.3 Å². The molecule has 6 nitrogen and oxygen atoms in total. The van der Waals surface area contributed by atoms with Crippen LogP contribution in [0, 0.1) is 0 Å². The van der Waals surface area contributed by atoms with Crippen molar-refractivity contribution >= 4 is 22.2 Å². The Labute approximate surface area is 94.5 Å². The molecule has 2 aromatic heterocycles. The highest BCUT2D eigenvalue weighted by molar-refractivity contribution is 7.15. The van der Waals surface area contributed by atoms with Gasteiger partial charge in [-0.2, -0.15) is 0 Å².